The maximum Gasteiger partial charge on any atom is 0.228 e. The molecule has 0 unspecified atom stereocenters. The van der Waals surface area contributed by atoms with Crippen LogP contribution in [0.5, 0.6) is 0 Å². The molecule has 0 spiro atoms. The summed E-state index contributed by atoms with van der Waals surface area (Å²) in [6, 6.07) is 0. The molecule has 0 atom stereocenters. The normalized spacial score (nSPS) is 10.4. The smallest absolute Gasteiger partial charge is 0.228 e. The first kappa shape index (κ1) is 13.5. The minimum Gasteiger partial charge on any atom is -0.357 e. The number of aryl methyl sites for hydroxylation is 1. The Hall–Kier alpha value is -1.89. The van der Waals surface area contributed by atoms with Crippen molar-refractivity contribution >= 4 is 23.5 Å². The highest BCUT2D eigenvalue weighted by molar-refractivity contribution is 6.28. The molecule has 19 heavy (non-hydrogen) atoms. The number of rotatable bonds is 7. The van der Waals surface area contributed by atoms with Crippen molar-refractivity contribution in [3.05, 3.63) is 24.0 Å². The zero-order chi connectivity index (χ0) is 13.5. The highest BCUT2D eigenvalue weighted by atomic mass is 35.5. The van der Waals surface area contributed by atoms with Crippen LogP contribution in [0.4, 0.5) is 11.9 Å². The molecule has 0 radical (unpaired) electrons. The Morgan fingerprint density at radius 1 is 1.21 bits per heavy atom. The Balaban J connectivity index is 1.72. The summed E-state index contributed by atoms with van der Waals surface area (Å²) in [6.07, 6.45) is 7.62. The minimum absolute atomic E-state index is 0.181. The van der Waals surface area contributed by atoms with Crippen LogP contribution in [0.3, 0.4) is 0 Å². The Kier molecular flexibility index (Phi) is 4.91. The summed E-state index contributed by atoms with van der Waals surface area (Å²) >= 11 is 5.78. The second kappa shape index (κ2) is 6.89. The molecule has 102 valence electrons. The molecular weight excluding hydrogens is 266 g/mol. The summed E-state index contributed by atoms with van der Waals surface area (Å²) in [5.41, 5.74) is 0. The summed E-state index contributed by atoms with van der Waals surface area (Å²) in [4.78, 5) is 16.1. The fourth-order valence-electron chi connectivity index (χ4n) is 1.58. The third-order valence-corrected chi connectivity index (χ3v) is 2.69. The molecule has 0 aliphatic rings. The van der Waals surface area contributed by atoms with E-state index < -0.39 is 0 Å². The number of hydrogen-bond acceptors (Lipinski definition) is 6. The van der Waals surface area contributed by atoms with E-state index in [0.29, 0.717) is 11.9 Å². The topological polar surface area (TPSA) is 80.5 Å². The van der Waals surface area contributed by atoms with Gasteiger partial charge in [0.1, 0.15) is 0 Å². The maximum atomic E-state index is 5.78. The quantitative estimate of drug-likeness (QED) is 0.751. The van der Waals surface area contributed by atoms with Gasteiger partial charge in [0.25, 0.3) is 0 Å². The number of halogens is 1. The van der Waals surface area contributed by atoms with Gasteiger partial charge >= 0.3 is 0 Å². The lowest BCUT2D eigenvalue weighted by Gasteiger charge is -2.06. The van der Waals surface area contributed by atoms with Gasteiger partial charge in [-0.2, -0.15) is 15.0 Å². The van der Waals surface area contributed by atoms with Crippen molar-refractivity contribution in [2.24, 2.45) is 0 Å². The molecule has 0 fully saturated rings. The van der Waals surface area contributed by atoms with E-state index in [0.717, 1.165) is 25.9 Å². The minimum atomic E-state index is 0.181. The van der Waals surface area contributed by atoms with Crippen LogP contribution in [0.1, 0.15) is 12.8 Å². The monoisotopic (exact) mass is 281 g/mol. The summed E-state index contributed by atoms with van der Waals surface area (Å²) < 4.78 is 2.05. The number of anilines is 2. The predicted molar refractivity (Wildman–Crippen MR) is 74.3 cm³/mol. The highest BCUT2D eigenvalue weighted by Crippen LogP contribution is 2.08. The molecular formula is C11H16ClN7. The fraction of sp³-hybridized carbons (Fsp3) is 0.455. The molecule has 2 N–H and O–H groups in total. The number of nitrogens with zero attached hydrogens (tertiary/aromatic N) is 5. The Labute approximate surface area is 116 Å². The molecule has 0 saturated heterocycles. The first-order chi connectivity index (χ1) is 9.28. The van der Waals surface area contributed by atoms with E-state index in [1.807, 2.05) is 12.5 Å². The fourth-order valence-corrected chi connectivity index (χ4v) is 1.74. The largest absolute Gasteiger partial charge is 0.357 e. The van der Waals surface area contributed by atoms with E-state index >= 15 is 0 Å². The van der Waals surface area contributed by atoms with E-state index in [1.54, 1.807) is 13.2 Å². The second-order valence-corrected chi connectivity index (χ2v) is 4.27. The molecule has 2 aromatic rings. The van der Waals surface area contributed by atoms with Gasteiger partial charge in [-0.25, -0.2) is 4.98 Å². The molecule has 2 aromatic heterocycles. The molecule has 2 heterocycles. The second-order valence-electron chi connectivity index (χ2n) is 3.94. The number of unbranched alkanes of at least 4 members (excludes halogenated alkanes) is 1. The van der Waals surface area contributed by atoms with E-state index in [4.69, 9.17) is 11.6 Å². The van der Waals surface area contributed by atoms with Crippen molar-refractivity contribution < 1.29 is 0 Å². The Morgan fingerprint density at radius 2 is 2.05 bits per heavy atom. The zero-order valence-corrected chi connectivity index (χ0v) is 11.4. The summed E-state index contributed by atoms with van der Waals surface area (Å²) in [7, 11) is 1.74. The maximum absolute atomic E-state index is 5.78. The van der Waals surface area contributed by atoms with Crippen LogP contribution in [-0.4, -0.2) is 38.1 Å². The van der Waals surface area contributed by atoms with E-state index in [9.17, 15) is 0 Å². The van der Waals surface area contributed by atoms with Crippen LogP contribution in [0.25, 0.3) is 0 Å². The van der Waals surface area contributed by atoms with Crippen molar-refractivity contribution in [2.45, 2.75) is 19.4 Å². The van der Waals surface area contributed by atoms with Gasteiger partial charge in [0.15, 0.2) is 0 Å². The summed E-state index contributed by atoms with van der Waals surface area (Å²) in [5, 5.41) is 6.14. The number of hydrogen-bond donors (Lipinski definition) is 2. The van der Waals surface area contributed by atoms with Crippen LogP contribution >= 0.6 is 11.6 Å². The lowest BCUT2D eigenvalue weighted by atomic mass is 10.3. The molecule has 0 aliphatic heterocycles. The van der Waals surface area contributed by atoms with Gasteiger partial charge in [0.2, 0.25) is 17.2 Å². The van der Waals surface area contributed by atoms with Gasteiger partial charge in [-0.15, -0.1) is 0 Å². The van der Waals surface area contributed by atoms with Crippen molar-refractivity contribution in [1.82, 2.24) is 24.5 Å². The molecule has 0 amide bonds. The summed E-state index contributed by atoms with van der Waals surface area (Å²) in [5.74, 6) is 0.952. The van der Waals surface area contributed by atoms with Crippen molar-refractivity contribution in [3.63, 3.8) is 0 Å². The first-order valence-electron chi connectivity index (χ1n) is 6.07. The molecule has 2 rings (SSSR count). The average Bonchev–Trinajstić information content (AvgIpc) is 2.91. The number of aromatic nitrogens is 5. The zero-order valence-electron chi connectivity index (χ0n) is 10.7. The number of nitrogens with one attached hydrogen (secondary N) is 2. The van der Waals surface area contributed by atoms with Gasteiger partial charge in [0.05, 0.1) is 6.33 Å². The third-order valence-electron chi connectivity index (χ3n) is 2.52. The average molecular weight is 282 g/mol. The van der Waals surface area contributed by atoms with Crippen molar-refractivity contribution in [3.8, 4) is 0 Å². The highest BCUT2D eigenvalue weighted by Gasteiger charge is 2.02. The van der Waals surface area contributed by atoms with Crippen LogP contribution in [-0.2, 0) is 6.54 Å². The van der Waals surface area contributed by atoms with Gasteiger partial charge in [-0.3, -0.25) is 0 Å². The van der Waals surface area contributed by atoms with E-state index in [1.165, 1.54) is 0 Å². The lowest BCUT2D eigenvalue weighted by Crippen LogP contribution is -2.09. The van der Waals surface area contributed by atoms with E-state index in [-0.39, 0.29) is 5.28 Å². The third kappa shape index (κ3) is 4.36. The molecule has 0 saturated carbocycles. The molecule has 7 nitrogen and oxygen atoms in total. The first-order valence-corrected chi connectivity index (χ1v) is 6.44. The molecule has 0 aliphatic carbocycles. The van der Waals surface area contributed by atoms with Crippen LogP contribution < -0.4 is 10.6 Å². The Bertz CT molecular complexity index is 500. The van der Waals surface area contributed by atoms with Crippen molar-refractivity contribution in [2.75, 3.05) is 24.2 Å². The molecule has 0 aromatic carbocycles. The van der Waals surface area contributed by atoms with E-state index in [2.05, 4.69) is 35.1 Å². The van der Waals surface area contributed by atoms with Gasteiger partial charge in [-0.05, 0) is 24.4 Å². The summed E-state index contributed by atoms with van der Waals surface area (Å²) in [6.45, 7) is 1.75. The Morgan fingerprint density at radius 3 is 2.79 bits per heavy atom. The van der Waals surface area contributed by atoms with Crippen molar-refractivity contribution in [1.29, 1.82) is 0 Å². The van der Waals surface area contributed by atoms with Crippen LogP contribution in [0.2, 0.25) is 5.28 Å². The predicted octanol–water partition coefficient (Wildman–Crippen LogP) is 1.66. The van der Waals surface area contributed by atoms with Gasteiger partial charge in [0, 0.05) is 32.5 Å². The lowest BCUT2D eigenvalue weighted by molar-refractivity contribution is 0.620. The molecule has 8 heteroatoms. The van der Waals surface area contributed by atoms with Gasteiger partial charge in [-0.1, -0.05) is 0 Å². The number of imidazole rings is 1. The molecule has 0 bridgehead atoms. The van der Waals surface area contributed by atoms with Crippen LogP contribution in [0.15, 0.2) is 18.7 Å². The van der Waals surface area contributed by atoms with Gasteiger partial charge < -0.3 is 15.2 Å². The SMILES string of the molecule is CNc1nc(Cl)nc(NCCCCn2ccnc2)n1. The van der Waals surface area contributed by atoms with Crippen LogP contribution in [0, 0.1) is 0 Å². The standard InChI is InChI=1S/C11H16ClN7/c1-13-10-16-9(12)17-11(18-10)15-4-2-3-6-19-7-5-14-8-19/h5,7-8H,2-4,6H2,1H3,(H2,13,15,16,17,18).